The number of hydrogen-bond donors (Lipinski definition) is 2. The van der Waals surface area contributed by atoms with E-state index in [1.807, 2.05) is 0 Å². The molecule has 0 aromatic heterocycles. The molecule has 1 aliphatic carbocycles. The number of nitrogens with zero attached hydrogens (tertiary/aromatic N) is 1. The van der Waals surface area contributed by atoms with Crippen LogP contribution in [-0.2, 0) is 4.79 Å². The third-order valence-electron chi connectivity index (χ3n) is 4.37. The maximum Gasteiger partial charge on any atom is 0.293 e. The van der Waals surface area contributed by atoms with Crippen molar-refractivity contribution in [2.45, 2.75) is 57.9 Å². The molecule has 6 heteroatoms. The number of rotatable bonds is 5. The van der Waals surface area contributed by atoms with Gasteiger partial charge in [-0.05, 0) is 25.3 Å². The molecule has 0 atom stereocenters. The predicted molar refractivity (Wildman–Crippen MR) is 90.6 cm³/mol. The monoisotopic (exact) mass is 319 g/mol. The van der Waals surface area contributed by atoms with E-state index in [1.165, 1.54) is 38.2 Å². The molecular weight excluding hydrogens is 294 g/mol. The molecule has 1 aromatic rings. The first-order chi connectivity index (χ1) is 11.1. The summed E-state index contributed by atoms with van der Waals surface area (Å²) in [6.07, 6.45) is 8.42. The average molecular weight is 319 g/mol. The molecule has 23 heavy (non-hydrogen) atoms. The lowest BCUT2D eigenvalue weighted by Gasteiger charge is -2.20. The molecule has 1 saturated carbocycles. The quantitative estimate of drug-likeness (QED) is 0.642. The second-order valence-electron chi connectivity index (χ2n) is 6.20. The van der Waals surface area contributed by atoms with Crippen LogP contribution in [0.1, 0.15) is 50.5 Å². The molecule has 0 radical (unpaired) electrons. The molecule has 1 amide bonds. The smallest absolute Gasteiger partial charge is 0.293 e. The number of benzene rings is 1. The first kappa shape index (κ1) is 17.4. The number of carbonyl (C=O) groups is 1. The standard InChI is InChI=1S/C17H25N3O3/c1-13-8-7-11-15(20(22)23)17(13)19-16(21)12-18-14-9-5-3-2-4-6-10-14/h7-8,11,14,18H,2-6,9-10,12H2,1H3,(H,19,21). The molecule has 1 aromatic carbocycles. The molecule has 1 aliphatic rings. The lowest BCUT2D eigenvalue weighted by atomic mass is 9.97. The number of aryl methyl sites for hydroxylation is 1. The first-order valence-corrected chi connectivity index (χ1v) is 8.35. The Hall–Kier alpha value is -1.95. The summed E-state index contributed by atoms with van der Waals surface area (Å²) in [6, 6.07) is 5.15. The van der Waals surface area contributed by atoms with Crippen molar-refractivity contribution in [3.05, 3.63) is 33.9 Å². The van der Waals surface area contributed by atoms with Crippen molar-refractivity contribution in [1.29, 1.82) is 0 Å². The van der Waals surface area contributed by atoms with Crippen LogP contribution in [0.15, 0.2) is 18.2 Å². The number of amides is 1. The molecule has 6 nitrogen and oxygen atoms in total. The first-order valence-electron chi connectivity index (χ1n) is 8.35. The Kier molecular flexibility index (Phi) is 6.52. The Labute approximate surface area is 136 Å². The van der Waals surface area contributed by atoms with Crippen LogP contribution >= 0.6 is 0 Å². The molecule has 1 fully saturated rings. The summed E-state index contributed by atoms with van der Waals surface area (Å²) in [5.41, 5.74) is 0.921. The van der Waals surface area contributed by atoms with Crippen molar-refractivity contribution in [2.75, 3.05) is 11.9 Å². The van der Waals surface area contributed by atoms with E-state index in [2.05, 4.69) is 10.6 Å². The fraction of sp³-hybridized carbons (Fsp3) is 0.588. The summed E-state index contributed by atoms with van der Waals surface area (Å²) in [6.45, 7) is 1.95. The van der Waals surface area contributed by atoms with Gasteiger partial charge in [0, 0.05) is 12.1 Å². The van der Waals surface area contributed by atoms with Crippen LogP contribution < -0.4 is 10.6 Å². The van der Waals surface area contributed by atoms with E-state index in [-0.39, 0.29) is 18.1 Å². The van der Waals surface area contributed by atoms with E-state index in [4.69, 9.17) is 0 Å². The maximum absolute atomic E-state index is 12.1. The van der Waals surface area contributed by atoms with E-state index < -0.39 is 4.92 Å². The van der Waals surface area contributed by atoms with E-state index in [9.17, 15) is 14.9 Å². The van der Waals surface area contributed by atoms with Gasteiger partial charge < -0.3 is 10.6 Å². The van der Waals surface area contributed by atoms with Gasteiger partial charge >= 0.3 is 0 Å². The molecule has 0 spiro atoms. The Morgan fingerprint density at radius 3 is 2.52 bits per heavy atom. The topological polar surface area (TPSA) is 84.3 Å². The Morgan fingerprint density at radius 1 is 1.22 bits per heavy atom. The normalized spacial score (nSPS) is 16.4. The average Bonchev–Trinajstić information content (AvgIpc) is 2.48. The highest BCUT2D eigenvalue weighted by molar-refractivity contribution is 5.95. The number of carbonyl (C=O) groups excluding carboxylic acids is 1. The summed E-state index contributed by atoms with van der Waals surface area (Å²) in [4.78, 5) is 22.7. The summed E-state index contributed by atoms with van der Waals surface area (Å²) < 4.78 is 0. The second kappa shape index (κ2) is 8.62. The molecule has 126 valence electrons. The maximum atomic E-state index is 12.1. The van der Waals surface area contributed by atoms with E-state index in [1.54, 1.807) is 19.1 Å². The van der Waals surface area contributed by atoms with Crippen LogP contribution in [0, 0.1) is 17.0 Å². The van der Waals surface area contributed by atoms with Crippen LogP contribution in [0.3, 0.4) is 0 Å². The van der Waals surface area contributed by atoms with Gasteiger partial charge in [0.25, 0.3) is 5.69 Å². The van der Waals surface area contributed by atoms with E-state index in [0.29, 0.717) is 17.3 Å². The molecular formula is C17H25N3O3. The summed E-state index contributed by atoms with van der Waals surface area (Å²) in [5.74, 6) is -0.232. The van der Waals surface area contributed by atoms with Gasteiger partial charge in [0.2, 0.25) is 5.91 Å². The summed E-state index contributed by atoms with van der Waals surface area (Å²) >= 11 is 0. The van der Waals surface area contributed by atoms with E-state index >= 15 is 0 Å². The van der Waals surface area contributed by atoms with Crippen LogP contribution in [0.2, 0.25) is 0 Å². The highest BCUT2D eigenvalue weighted by Crippen LogP contribution is 2.27. The van der Waals surface area contributed by atoms with Crippen molar-refractivity contribution < 1.29 is 9.72 Å². The number of nitrogens with one attached hydrogen (secondary N) is 2. The van der Waals surface area contributed by atoms with E-state index in [0.717, 1.165) is 12.8 Å². The van der Waals surface area contributed by atoms with Crippen LogP contribution in [0.4, 0.5) is 11.4 Å². The molecule has 2 rings (SSSR count). The van der Waals surface area contributed by atoms with Crippen molar-refractivity contribution in [2.24, 2.45) is 0 Å². The van der Waals surface area contributed by atoms with Gasteiger partial charge in [-0.15, -0.1) is 0 Å². The largest absolute Gasteiger partial charge is 0.319 e. The SMILES string of the molecule is Cc1cccc([N+](=O)[O-])c1NC(=O)CNC1CCCCCCC1. The summed E-state index contributed by atoms with van der Waals surface area (Å²) in [7, 11) is 0. The van der Waals surface area contributed by atoms with Gasteiger partial charge in [-0.1, -0.05) is 44.2 Å². The number of hydrogen-bond acceptors (Lipinski definition) is 4. The third-order valence-corrected chi connectivity index (χ3v) is 4.37. The molecule has 0 unspecified atom stereocenters. The Bertz CT molecular complexity index is 552. The van der Waals surface area contributed by atoms with Gasteiger partial charge in [0.15, 0.2) is 0 Å². The minimum Gasteiger partial charge on any atom is -0.319 e. The zero-order chi connectivity index (χ0) is 16.7. The Balaban J connectivity index is 1.91. The number of anilines is 1. The molecule has 2 N–H and O–H groups in total. The van der Waals surface area contributed by atoms with Gasteiger partial charge in [-0.25, -0.2) is 0 Å². The third kappa shape index (κ3) is 5.32. The van der Waals surface area contributed by atoms with Crippen LogP contribution in [0.25, 0.3) is 0 Å². The van der Waals surface area contributed by atoms with Gasteiger partial charge in [-0.3, -0.25) is 14.9 Å². The van der Waals surface area contributed by atoms with Gasteiger partial charge in [0.1, 0.15) is 5.69 Å². The Morgan fingerprint density at radius 2 is 1.87 bits per heavy atom. The highest BCUT2D eigenvalue weighted by atomic mass is 16.6. The molecule has 0 aliphatic heterocycles. The predicted octanol–water partition coefficient (Wildman–Crippen LogP) is 3.54. The molecule has 0 bridgehead atoms. The molecule has 0 saturated heterocycles. The minimum absolute atomic E-state index is 0.0655. The zero-order valence-electron chi connectivity index (χ0n) is 13.6. The van der Waals surface area contributed by atoms with Crippen molar-refractivity contribution in [3.8, 4) is 0 Å². The number of nitro benzene ring substituents is 1. The number of para-hydroxylation sites is 1. The fourth-order valence-electron chi connectivity index (χ4n) is 3.05. The molecule has 0 heterocycles. The van der Waals surface area contributed by atoms with Gasteiger partial charge in [-0.2, -0.15) is 0 Å². The highest BCUT2D eigenvalue weighted by Gasteiger charge is 2.18. The number of nitro groups is 1. The van der Waals surface area contributed by atoms with Crippen molar-refractivity contribution in [1.82, 2.24) is 5.32 Å². The lowest BCUT2D eigenvalue weighted by molar-refractivity contribution is -0.384. The van der Waals surface area contributed by atoms with Crippen LogP contribution in [0.5, 0.6) is 0 Å². The fourth-order valence-corrected chi connectivity index (χ4v) is 3.05. The van der Waals surface area contributed by atoms with Crippen LogP contribution in [-0.4, -0.2) is 23.4 Å². The zero-order valence-corrected chi connectivity index (χ0v) is 13.6. The van der Waals surface area contributed by atoms with Crippen molar-refractivity contribution >= 4 is 17.3 Å². The summed E-state index contributed by atoms with van der Waals surface area (Å²) in [5, 5.41) is 17.1. The van der Waals surface area contributed by atoms with Gasteiger partial charge in [0.05, 0.1) is 11.5 Å². The minimum atomic E-state index is -0.467. The second-order valence-corrected chi connectivity index (χ2v) is 6.20. The van der Waals surface area contributed by atoms with Crippen molar-refractivity contribution in [3.63, 3.8) is 0 Å². The lowest BCUT2D eigenvalue weighted by Crippen LogP contribution is -2.36.